The Morgan fingerprint density at radius 2 is 1.53 bits per heavy atom. The summed E-state index contributed by atoms with van der Waals surface area (Å²) in [5, 5.41) is 13.5. The van der Waals surface area contributed by atoms with Crippen LogP contribution in [0.4, 0.5) is 11.4 Å². The van der Waals surface area contributed by atoms with Crippen LogP contribution in [-0.4, -0.2) is 25.8 Å². The lowest BCUT2D eigenvalue weighted by molar-refractivity contribution is -0.384. The minimum absolute atomic E-state index is 0.119. The third kappa shape index (κ3) is 5.21. The van der Waals surface area contributed by atoms with Crippen molar-refractivity contribution in [2.45, 2.75) is 11.3 Å². The summed E-state index contributed by atoms with van der Waals surface area (Å²) in [6.07, 6.45) is 0.642. The molecule has 3 aromatic rings. The van der Waals surface area contributed by atoms with Crippen LogP contribution in [-0.2, 0) is 16.4 Å². The molecule has 0 atom stereocenters. The second-order valence-corrected chi connectivity index (χ2v) is 8.08. The van der Waals surface area contributed by atoms with E-state index in [4.69, 9.17) is 0 Å². The first kappa shape index (κ1) is 21.0. The maximum Gasteiger partial charge on any atom is 0.269 e. The summed E-state index contributed by atoms with van der Waals surface area (Å²) < 4.78 is 27.7. The average molecular weight is 425 g/mol. The Kier molecular flexibility index (Phi) is 6.43. The van der Waals surface area contributed by atoms with Gasteiger partial charge in [-0.1, -0.05) is 42.5 Å². The van der Waals surface area contributed by atoms with Crippen LogP contribution in [0.5, 0.6) is 0 Å². The van der Waals surface area contributed by atoms with Crippen molar-refractivity contribution >= 4 is 27.3 Å². The molecule has 0 aliphatic heterocycles. The number of para-hydroxylation sites is 1. The molecule has 0 unspecified atom stereocenters. The van der Waals surface area contributed by atoms with Crippen molar-refractivity contribution in [2.75, 3.05) is 11.3 Å². The van der Waals surface area contributed by atoms with Crippen LogP contribution < -0.4 is 10.0 Å². The van der Waals surface area contributed by atoms with E-state index < -0.39 is 20.9 Å². The standard InChI is InChI=1S/C21H19N3O5S/c25-21(22-15-14-16-6-2-1-3-7-16)19-8-4-5-9-20(19)23-30(28,29)18-12-10-17(11-13-18)24(26)27/h1-13,23H,14-15H2,(H,22,25). The normalized spacial score (nSPS) is 10.9. The average Bonchev–Trinajstić information content (AvgIpc) is 2.74. The first-order valence-electron chi connectivity index (χ1n) is 9.05. The first-order valence-corrected chi connectivity index (χ1v) is 10.5. The van der Waals surface area contributed by atoms with Crippen LogP contribution in [0, 0.1) is 10.1 Å². The van der Waals surface area contributed by atoms with Gasteiger partial charge in [0, 0.05) is 18.7 Å². The minimum Gasteiger partial charge on any atom is -0.352 e. The highest BCUT2D eigenvalue weighted by atomic mass is 32.2. The molecule has 0 aliphatic carbocycles. The van der Waals surface area contributed by atoms with Crippen molar-refractivity contribution in [1.82, 2.24) is 5.32 Å². The quantitative estimate of drug-likeness (QED) is 0.424. The number of hydrogen-bond donors (Lipinski definition) is 2. The van der Waals surface area contributed by atoms with E-state index in [2.05, 4.69) is 10.0 Å². The summed E-state index contributed by atoms with van der Waals surface area (Å²) in [5.74, 6) is -0.409. The molecule has 0 saturated carbocycles. The highest BCUT2D eigenvalue weighted by Gasteiger charge is 2.19. The van der Waals surface area contributed by atoms with E-state index in [0.29, 0.717) is 13.0 Å². The van der Waals surface area contributed by atoms with E-state index in [1.54, 1.807) is 12.1 Å². The predicted molar refractivity (Wildman–Crippen MR) is 113 cm³/mol. The molecule has 0 fully saturated rings. The number of rotatable bonds is 8. The van der Waals surface area contributed by atoms with Gasteiger partial charge in [0.05, 0.1) is 21.1 Å². The molecule has 3 aromatic carbocycles. The summed E-state index contributed by atoms with van der Waals surface area (Å²) >= 11 is 0. The highest BCUT2D eigenvalue weighted by Crippen LogP contribution is 2.22. The van der Waals surface area contributed by atoms with E-state index in [1.807, 2.05) is 30.3 Å². The monoisotopic (exact) mass is 425 g/mol. The van der Waals surface area contributed by atoms with E-state index in [1.165, 1.54) is 12.1 Å². The van der Waals surface area contributed by atoms with Crippen molar-refractivity contribution in [1.29, 1.82) is 0 Å². The van der Waals surface area contributed by atoms with E-state index in [-0.39, 0.29) is 21.8 Å². The fourth-order valence-corrected chi connectivity index (χ4v) is 3.86. The van der Waals surface area contributed by atoms with E-state index >= 15 is 0 Å². The van der Waals surface area contributed by atoms with Gasteiger partial charge >= 0.3 is 0 Å². The van der Waals surface area contributed by atoms with Gasteiger partial charge in [0.25, 0.3) is 21.6 Å². The van der Waals surface area contributed by atoms with Crippen LogP contribution in [0.2, 0.25) is 0 Å². The van der Waals surface area contributed by atoms with E-state index in [9.17, 15) is 23.3 Å². The number of hydrogen-bond acceptors (Lipinski definition) is 5. The molecule has 30 heavy (non-hydrogen) atoms. The molecule has 0 aliphatic rings. The molecule has 0 bridgehead atoms. The molecule has 1 amide bonds. The molecule has 0 heterocycles. The lowest BCUT2D eigenvalue weighted by Gasteiger charge is -2.13. The van der Waals surface area contributed by atoms with Gasteiger partial charge in [0.2, 0.25) is 0 Å². The van der Waals surface area contributed by atoms with Gasteiger partial charge in [-0.15, -0.1) is 0 Å². The molecular weight excluding hydrogens is 406 g/mol. The van der Waals surface area contributed by atoms with Crippen LogP contribution in [0.15, 0.2) is 83.8 Å². The summed E-state index contributed by atoms with van der Waals surface area (Å²) in [6.45, 7) is 0.395. The second kappa shape index (κ2) is 9.19. The molecule has 0 spiro atoms. The number of carbonyl (C=O) groups is 1. The fourth-order valence-electron chi connectivity index (χ4n) is 2.78. The Hall–Kier alpha value is -3.72. The van der Waals surface area contributed by atoms with Crippen molar-refractivity contribution < 1.29 is 18.1 Å². The van der Waals surface area contributed by atoms with Gasteiger partial charge in [-0.25, -0.2) is 8.42 Å². The van der Waals surface area contributed by atoms with Gasteiger partial charge in [-0.2, -0.15) is 0 Å². The number of anilines is 1. The molecule has 2 N–H and O–H groups in total. The number of benzene rings is 3. The number of nitro benzene ring substituents is 1. The lowest BCUT2D eigenvalue weighted by atomic mass is 10.1. The van der Waals surface area contributed by atoms with Gasteiger partial charge < -0.3 is 5.32 Å². The zero-order valence-corrected chi connectivity index (χ0v) is 16.6. The number of nitrogens with zero attached hydrogens (tertiary/aromatic N) is 1. The maximum absolute atomic E-state index is 12.6. The number of nitrogens with one attached hydrogen (secondary N) is 2. The van der Waals surface area contributed by atoms with Crippen LogP contribution in [0.25, 0.3) is 0 Å². The number of sulfonamides is 1. The van der Waals surface area contributed by atoms with E-state index in [0.717, 1.165) is 29.8 Å². The number of non-ortho nitro benzene ring substituents is 1. The number of nitro groups is 1. The largest absolute Gasteiger partial charge is 0.352 e. The molecule has 3 rings (SSSR count). The van der Waals surface area contributed by atoms with Crippen LogP contribution >= 0.6 is 0 Å². The number of carbonyl (C=O) groups excluding carboxylic acids is 1. The van der Waals surface area contributed by atoms with Crippen LogP contribution in [0.1, 0.15) is 15.9 Å². The van der Waals surface area contributed by atoms with Gasteiger partial charge in [-0.3, -0.25) is 19.6 Å². The van der Waals surface area contributed by atoms with Crippen molar-refractivity contribution in [3.05, 3.63) is 100 Å². The molecule has 154 valence electrons. The van der Waals surface area contributed by atoms with Gasteiger partial charge in [-0.05, 0) is 36.2 Å². The fraction of sp³-hybridized carbons (Fsp3) is 0.0952. The van der Waals surface area contributed by atoms with Crippen LogP contribution in [0.3, 0.4) is 0 Å². The zero-order valence-electron chi connectivity index (χ0n) is 15.8. The third-order valence-corrected chi connectivity index (χ3v) is 5.70. The topological polar surface area (TPSA) is 118 Å². The van der Waals surface area contributed by atoms with Gasteiger partial charge in [0.1, 0.15) is 0 Å². The Bertz CT molecular complexity index is 1150. The minimum atomic E-state index is -4.03. The molecule has 9 heteroatoms. The van der Waals surface area contributed by atoms with Crippen molar-refractivity contribution in [2.24, 2.45) is 0 Å². The SMILES string of the molecule is O=C(NCCc1ccccc1)c1ccccc1NS(=O)(=O)c1ccc([N+](=O)[O-])cc1. The van der Waals surface area contributed by atoms with Crippen molar-refractivity contribution in [3.63, 3.8) is 0 Å². The smallest absolute Gasteiger partial charge is 0.269 e. The molecule has 0 saturated heterocycles. The zero-order chi connectivity index (χ0) is 21.6. The predicted octanol–water partition coefficient (Wildman–Crippen LogP) is 3.37. The summed E-state index contributed by atoms with van der Waals surface area (Å²) in [5.41, 5.74) is 1.15. The van der Waals surface area contributed by atoms with Gasteiger partial charge in [0.15, 0.2) is 0 Å². The molecule has 8 nitrogen and oxygen atoms in total. The van der Waals surface area contributed by atoms with Crippen molar-refractivity contribution in [3.8, 4) is 0 Å². The summed E-state index contributed by atoms with van der Waals surface area (Å²) in [4.78, 5) is 22.6. The maximum atomic E-state index is 12.6. The Morgan fingerprint density at radius 1 is 0.900 bits per heavy atom. The number of amides is 1. The summed E-state index contributed by atoms with van der Waals surface area (Å²) in [7, 11) is -4.03. The third-order valence-electron chi connectivity index (χ3n) is 4.32. The molecule has 0 radical (unpaired) electrons. The Morgan fingerprint density at radius 3 is 2.20 bits per heavy atom. The Labute approximate surface area is 173 Å². The molecular formula is C21H19N3O5S. The highest BCUT2D eigenvalue weighted by molar-refractivity contribution is 7.92. The lowest BCUT2D eigenvalue weighted by Crippen LogP contribution is -2.27. The second-order valence-electron chi connectivity index (χ2n) is 6.39. The summed E-state index contributed by atoms with van der Waals surface area (Å²) in [6, 6.07) is 20.4. The Balaban J connectivity index is 1.72. The molecule has 0 aromatic heterocycles. The first-order chi connectivity index (χ1) is 14.4.